The maximum Gasteiger partial charge on any atom is 0.221 e. The van der Waals surface area contributed by atoms with Gasteiger partial charge < -0.3 is 4.90 Å². The van der Waals surface area contributed by atoms with Crippen molar-refractivity contribution in [2.75, 3.05) is 19.6 Å². The Morgan fingerprint density at radius 2 is 1.92 bits per heavy atom. The van der Waals surface area contributed by atoms with Crippen molar-refractivity contribution in [3.8, 4) is 10.6 Å². The maximum absolute atomic E-state index is 4.93. The number of nitrogens with one attached hydrogen (secondary N) is 1. The fourth-order valence-electron chi connectivity index (χ4n) is 3.33. The quantitative estimate of drug-likeness (QED) is 0.563. The van der Waals surface area contributed by atoms with E-state index in [-0.39, 0.29) is 0 Å². The molecule has 1 aliphatic carbocycles. The Hall–Kier alpha value is -1.78. The standard InChI is InChI=1S/C22H29N3S/c1-5-25(6-2)13-7-8-17(4)23-18-10-12-20-22(15-18)26-21-14-16(3)9-11-19(21)24-20/h9-12,14-15,17H,5-8,13H2,1-4H3/p+1. The van der Waals surface area contributed by atoms with E-state index in [0.717, 1.165) is 24.9 Å². The SMILES string of the molecule is CCN(CC)CCCC(C)N=c1ccc2[nH+]c3ccc(C)cc3sc-2c1. The topological polar surface area (TPSA) is 29.7 Å². The van der Waals surface area contributed by atoms with Crippen LogP contribution in [0.5, 0.6) is 0 Å². The fourth-order valence-corrected chi connectivity index (χ4v) is 4.45. The fraction of sp³-hybridized carbons (Fsp3) is 0.455. The number of aromatic amines is 1. The average molecular weight is 369 g/mol. The lowest BCUT2D eigenvalue weighted by Gasteiger charge is -2.18. The minimum atomic E-state index is 0.361. The number of benzene rings is 2. The van der Waals surface area contributed by atoms with E-state index in [1.165, 1.54) is 39.3 Å². The van der Waals surface area contributed by atoms with E-state index in [1.807, 2.05) is 11.3 Å². The van der Waals surface area contributed by atoms with Crippen LogP contribution in [0.1, 0.15) is 39.2 Å². The summed E-state index contributed by atoms with van der Waals surface area (Å²) in [5.74, 6) is 0. The number of rotatable bonds is 7. The minimum absolute atomic E-state index is 0.361. The number of hydrogen-bond donors (Lipinski definition) is 0. The summed E-state index contributed by atoms with van der Waals surface area (Å²) in [6.45, 7) is 12.3. The van der Waals surface area contributed by atoms with Crippen LogP contribution in [0.15, 0.2) is 41.4 Å². The van der Waals surface area contributed by atoms with Gasteiger partial charge in [-0.2, -0.15) is 0 Å². The molecule has 1 atom stereocenters. The lowest BCUT2D eigenvalue weighted by Crippen LogP contribution is -2.24. The highest BCUT2D eigenvalue weighted by atomic mass is 32.1. The summed E-state index contributed by atoms with van der Waals surface area (Å²) < 4.78 is 1.29. The molecule has 1 unspecified atom stereocenters. The highest BCUT2D eigenvalue weighted by Gasteiger charge is 2.13. The summed E-state index contributed by atoms with van der Waals surface area (Å²) >= 11 is 1.84. The zero-order valence-electron chi connectivity index (χ0n) is 16.4. The second-order valence-corrected chi connectivity index (χ2v) is 8.14. The summed E-state index contributed by atoms with van der Waals surface area (Å²) in [7, 11) is 0. The van der Waals surface area contributed by atoms with Crippen LogP contribution in [0, 0.1) is 6.92 Å². The first-order valence-electron chi connectivity index (χ1n) is 9.71. The Balaban J connectivity index is 1.78. The largest absolute Gasteiger partial charge is 0.304 e. The van der Waals surface area contributed by atoms with Gasteiger partial charge in [0, 0.05) is 18.2 Å². The van der Waals surface area contributed by atoms with Gasteiger partial charge in [0.05, 0.1) is 10.1 Å². The average Bonchev–Trinajstić information content (AvgIpc) is 2.63. The molecule has 0 fully saturated rings. The lowest BCUT2D eigenvalue weighted by atomic mass is 10.1. The summed E-state index contributed by atoms with van der Waals surface area (Å²) in [6.07, 6.45) is 2.35. The van der Waals surface area contributed by atoms with Gasteiger partial charge in [0.2, 0.25) is 11.2 Å². The Morgan fingerprint density at radius 1 is 1.12 bits per heavy atom. The molecular weight excluding hydrogens is 338 g/mol. The zero-order valence-corrected chi connectivity index (χ0v) is 17.2. The van der Waals surface area contributed by atoms with Gasteiger partial charge in [-0.15, -0.1) is 11.3 Å². The highest BCUT2D eigenvalue weighted by Crippen LogP contribution is 2.27. The second-order valence-electron chi connectivity index (χ2n) is 7.05. The van der Waals surface area contributed by atoms with Gasteiger partial charge in [0.25, 0.3) is 0 Å². The van der Waals surface area contributed by atoms with Gasteiger partial charge in [-0.1, -0.05) is 19.9 Å². The van der Waals surface area contributed by atoms with Gasteiger partial charge in [-0.3, -0.25) is 4.99 Å². The molecule has 1 aromatic carbocycles. The second kappa shape index (κ2) is 8.74. The summed E-state index contributed by atoms with van der Waals surface area (Å²) in [6, 6.07) is 13.4. The van der Waals surface area contributed by atoms with Crippen molar-refractivity contribution in [3.63, 3.8) is 0 Å². The van der Waals surface area contributed by atoms with Gasteiger partial charge in [0.1, 0.15) is 4.88 Å². The molecule has 26 heavy (non-hydrogen) atoms. The van der Waals surface area contributed by atoms with Crippen molar-refractivity contribution in [2.45, 2.75) is 46.6 Å². The Bertz CT molecular complexity index is 895. The first-order chi connectivity index (χ1) is 12.6. The van der Waals surface area contributed by atoms with Gasteiger partial charge in [0.15, 0.2) is 0 Å². The monoisotopic (exact) mass is 368 g/mol. The molecule has 2 aliphatic rings. The van der Waals surface area contributed by atoms with Crippen LogP contribution in [-0.4, -0.2) is 30.6 Å². The maximum atomic E-state index is 4.93. The molecule has 3 rings (SSSR count). The molecule has 1 aromatic rings. The van der Waals surface area contributed by atoms with Gasteiger partial charge in [-0.05, 0) is 70.1 Å². The Labute approximate surface area is 160 Å². The van der Waals surface area contributed by atoms with E-state index in [9.17, 15) is 0 Å². The molecule has 3 nitrogen and oxygen atoms in total. The molecule has 0 saturated heterocycles. The smallest absolute Gasteiger partial charge is 0.221 e. The normalized spacial score (nSPS) is 13.8. The van der Waals surface area contributed by atoms with Crippen LogP contribution in [0.3, 0.4) is 0 Å². The van der Waals surface area contributed by atoms with Crippen molar-refractivity contribution in [3.05, 3.63) is 47.3 Å². The number of aromatic nitrogens is 1. The molecule has 1 N–H and O–H groups in total. The predicted octanol–water partition coefficient (Wildman–Crippen LogP) is 4.54. The predicted molar refractivity (Wildman–Crippen MR) is 112 cm³/mol. The van der Waals surface area contributed by atoms with Crippen LogP contribution in [0.25, 0.3) is 20.8 Å². The van der Waals surface area contributed by atoms with Crippen LogP contribution in [-0.2, 0) is 0 Å². The third-order valence-electron chi connectivity index (χ3n) is 4.95. The molecule has 0 aromatic heterocycles. The van der Waals surface area contributed by atoms with Gasteiger partial charge >= 0.3 is 0 Å². The molecule has 1 heterocycles. The van der Waals surface area contributed by atoms with E-state index >= 15 is 0 Å². The molecule has 0 amide bonds. The van der Waals surface area contributed by atoms with Crippen LogP contribution in [0.4, 0.5) is 0 Å². The first-order valence-corrected chi connectivity index (χ1v) is 10.5. The van der Waals surface area contributed by atoms with Crippen molar-refractivity contribution < 1.29 is 4.98 Å². The molecule has 4 heteroatoms. The number of hydrogen-bond acceptors (Lipinski definition) is 3. The number of nitrogens with zero attached hydrogens (tertiary/aromatic N) is 2. The summed E-state index contributed by atoms with van der Waals surface area (Å²) in [5.41, 5.74) is 3.67. The number of H-pyrrole nitrogens is 1. The number of fused-ring (bicyclic) bond motifs is 2. The zero-order chi connectivity index (χ0) is 18.5. The van der Waals surface area contributed by atoms with E-state index in [2.05, 4.69) is 74.0 Å². The van der Waals surface area contributed by atoms with Crippen molar-refractivity contribution in [1.82, 2.24) is 4.90 Å². The molecule has 0 saturated carbocycles. The molecule has 1 aliphatic heterocycles. The van der Waals surface area contributed by atoms with E-state index in [0.29, 0.717) is 6.04 Å². The van der Waals surface area contributed by atoms with E-state index in [4.69, 9.17) is 4.99 Å². The van der Waals surface area contributed by atoms with Crippen LogP contribution < -0.4 is 10.3 Å². The molecule has 138 valence electrons. The van der Waals surface area contributed by atoms with Crippen LogP contribution in [0.2, 0.25) is 0 Å². The van der Waals surface area contributed by atoms with E-state index in [1.54, 1.807) is 0 Å². The third kappa shape index (κ3) is 4.68. The van der Waals surface area contributed by atoms with Crippen molar-refractivity contribution in [2.24, 2.45) is 4.99 Å². The summed E-state index contributed by atoms with van der Waals surface area (Å²) in [4.78, 5) is 12.2. The summed E-state index contributed by atoms with van der Waals surface area (Å²) in [5, 5.41) is 1.09. The Kier molecular flexibility index (Phi) is 6.38. The minimum Gasteiger partial charge on any atom is -0.304 e. The Morgan fingerprint density at radius 3 is 2.69 bits per heavy atom. The van der Waals surface area contributed by atoms with Crippen LogP contribution >= 0.6 is 11.3 Å². The number of aryl methyl sites for hydroxylation is 1. The van der Waals surface area contributed by atoms with Crippen molar-refractivity contribution in [1.29, 1.82) is 0 Å². The highest BCUT2D eigenvalue weighted by molar-refractivity contribution is 7.21. The molecule has 0 bridgehead atoms. The lowest BCUT2D eigenvalue weighted by molar-refractivity contribution is -0.330. The molecule has 0 radical (unpaired) electrons. The van der Waals surface area contributed by atoms with Gasteiger partial charge in [-0.25, -0.2) is 4.98 Å². The van der Waals surface area contributed by atoms with E-state index < -0.39 is 0 Å². The van der Waals surface area contributed by atoms with Crippen molar-refractivity contribution >= 4 is 21.6 Å². The third-order valence-corrected chi connectivity index (χ3v) is 6.07. The molecular formula is C22H30N3S+. The molecule has 0 spiro atoms. The first kappa shape index (κ1) is 19.0.